The molecule has 3 heteroatoms. The van der Waals surface area contributed by atoms with Crippen LogP contribution in [0, 0.1) is 5.41 Å². The number of carboxylic acids is 1. The second-order valence-electron chi connectivity index (χ2n) is 6.50. The summed E-state index contributed by atoms with van der Waals surface area (Å²) in [5, 5.41) is 9.04. The van der Waals surface area contributed by atoms with Crippen LogP contribution < -0.4 is 0 Å². The van der Waals surface area contributed by atoms with Crippen molar-refractivity contribution in [1.82, 2.24) is 4.90 Å². The lowest BCUT2D eigenvalue weighted by atomic mass is 9.85. The fourth-order valence-electron chi connectivity index (χ4n) is 3.03. The highest BCUT2D eigenvalue weighted by Gasteiger charge is 2.33. The van der Waals surface area contributed by atoms with Gasteiger partial charge in [0, 0.05) is 12.6 Å². The normalized spacial score (nSPS) is 20.7. The molecule has 1 aliphatic heterocycles. The number of hydrogen-bond acceptors (Lipinski definition) is 2. The van der Waals surface area contributed by atoms with E-state index in [9.17, 15) is 4.79 Å². The molecule has 1 unspecified atom stereocenters. The first-order chi connectivity index (χ1) is 8.88. The van der Waals surface area contributed by atoms with Gasteiger partial charge in [-0.05, 0) is 42.5 Å². The number of likely N-dealkylation sites (tertiary alicyclic amines) is 1. The van der Waals surface area contributed by atoms with Crippen molar-refractivity contribution in [1.29, 1.82) is 0 Å². The third-order valence-corrected chi connectivity index (χ3v) is 3.92. The minimum atomic E-state index is -0.851. The van der Waals surface area contributed by atoms with E-state index in [2.05, 4.69) is 25.7 Å². The molecule has 0 aromatic heterocycles. The Kier molecular flexibility index (Phi) is 3.95. The number of aromatic carboxylic acids is 1. The number of rotatable bonds is 3. The maximum absolute atomic E-state index is 11.0. The molecular formula is C16H23NO2. The maximum Gasteiger partial charge on any atom is 0.335 e. The van der Waals surface area contributed by atoms with Crippen molar-refractivity contribution < 1.29 is 9.90 Å². The molecule has 1 fully saturated rings. The van der Waals surface area contributed by atoms with E-state index in [4.69, 9.17) is 5.11 Å². The van der Waals surface area contributed by atoms with Gasteiger partial charge in [-0.25, -0.2) is 4.79 Å². The summed E-state index contributed by atoms with van der Waals surface area (Å²) in [6, 6.07) is 7.88. The van der Waals surface area contributed by atoms with E-state index >= 15 is 0 Å². The third kappa shape index (κ3) is 3.35. The Morgan fingerprint density at radius 1 is 1.42 bits per heavy atom. The minimum Gasteiger partial charge on any atom is -0.478 e. The second-order valence-corrected chi connectivity index (χ2v) is 6.50. The Bertz CT molecular complexity index is 462. The highest BCUT2D eigenvalue weighted by atomic mass is 16.4. The Hall–Kier alpha value is -1.35. The quantitative estimate of drug-likeness (QED) is 0.906. The fraction of sp³-hybridized carbons (Fsp3) is 0.562. The molecule has 0 aliphatic carbocycles. The molecule has 0 bridgehead atoms. The third-order valence-electron chi connectivity index (χ3n) is 3.92. The van der Waals surface area contributed by atoms with Crippen LogP contribution in [0.2, 0.25) is 0 Å². The predicted molar refractivity (Wildman–Crippen MR) is 76.3 cm³/mol. The van der Waals surface area contributed by atoms with Crippen LogP contribution in [0.3, 0.4) is 0 Å². The number of benzene rings is 1. The molecule has 19 heavy (non-hydrogen) atoms. The standard InChI is InChI=1S/C16H23NO2/c1-16(2,3)14-8-5-9-17(14)11-12-6-4-7-13(10-12)15(18)19/h4,6-7,10,14H,5,8-9,11H2,1-3H3,(H,18,19). The minimum absolute atomic E-state index is 0.279. The summed E-state index contributed by atoms with van der Waals surface area (Å²) >= 11 is 0. The van der Waals surface area contributed by atoms with Gasteiger partial charge in [0.1, 0.15) is 0 Å². The molecule has 1 N–H and O–H groups in total. The first kappa shape index (κ1) is 14.1. The smallest absolute Gasteiger partial charge is 0.335 e. The van der Waals surface area contributed by atoms with Gasteiger partial charge in [-0.15, -0.1) is 0 Å². The number of carboxylic acid groups (broad SMARTS) is 1. The van der Waals surface area contributed by atoms with Gasteiger partial charge < -0.3 is 5.11 Å². The lowest BCUT2D eigenvalue weighted by molar-refractivity contribution is 0.0696. The summed E-state index contributed by atoms with van der Waals surface area (Å²) in [7, 11) is 0. The highest BCUT2D eigenvalue weighted by molar-refractivity contribution is 5.87. The van der Waals surface area contributed by atoms with E-state index in [0.717, 1.165) is 18.7 Å². The van der Waals surface area contributed by atoms with Gasteiger partial charge in [0.2, 0.25) is 0 Å². The second kappa shape index (κ2) is 5.33. The zero-order chi connectivity index (χ0) is 14.0. The van der Waals surface area contributed by atoms with Gasteiger partial charge in [0.05, 0.1) is 5.56 Å². The first-order valence-electron chi connectivity index (χ1n) is 6.94. The molecule has 2 rings (SSSR count). The summed E-state index contributed by atoms with van der Waals surface area (Å²) in [5.74, 6) is -0.851. The highest BCUT2D eigenvalue weighted by Crippen LogP contribution is 2.33. The van der Waals surface area contributed by atoms with Crippen LogP contribution in [-0.4, -0.2) is 28.6 Å². The van der Waals surface area contributed by atoms with Crippen molar-refractivity contribution in [2.75, 3.05) is 6.54 Å². The Labute approximate surface area is 115 Å². The van der Waals surface area contributed by atoms with Crippen LogP contribution in [0.4, 0.5) is 0 Å². The van der Waals surface area contributed by atoms with E-state index in [1.165, 1.54) is 12.8 Å². The van der Waals surface area contributed by atoms with Crippen LogP contribution >= 0.6 is 0 Å². The Balaban J connectivity index is 2.12. The van der Waals surface area contributed by atoms with Crippen LogP contribution in [0.5, 0.6) is 0 Å². The molecule has 1 heterocycles. The van der Waals surface area contributed by atoms with Crippen LogP contribution in [0.15, 0.2) is 24.3 Å². The molecule has 0 saturated carbocycles. The Morgan fingerprint density at radius 3 is 2.79 bits per heavy atom. The first-order valence-corrected chi connectivity index (χ1v) is 6.94. The van der Waals surface area contributed by atoms with Gasteiger partial charge in [0.25, 0.3) is 0 Å². The maximum atomic E-state index is 11.0. The van der Waals surface area contributed by atoms with Crippen molar-refractivity contribution >= 4 is 5.97 Å². The largest absolute Gasteiger partial charge is 0.478 e. The van der Waals surface area contributed by atoms with E-state index in [-0.39, 0.29) is 5.41 Å². The van der Waals surface area contributed by atoms with Crippen molar-refractivity contribution in [2.45, 2.75) is 46.2 Å². The zero-order valence-electron chi connectivity index (χ0n) is 12.0. The summed E-state index contributed by atoms with van der Waals surface area (Å²) in [6.07, 6.45) is 2.47. The molecule has 1 atom stereocenters. The van der Waals surface area contributed by atoms with Crippen molar-refractivity contribution in [2.24, 2.45) is 5.41 Å². The molecule has 1 aromatic carbocycles. The Morgan fingerprint density at radius 2 is 2.16 bits per heavy atom. The zero-order valence-corrected chi connectivity index (χ0v) is 12.0. The molecule has 1 saturated heterocycles. The predicted octanol–water partition coefficient (Wildman–Crippen LogP) is 3.40. The van der Waals surface area contributed by atoms with Crippen LogP contribution in [-0.2, 0) is 6.54 Å². The average Bonchev–Trinajstić information content (AvgIpc) is 2.77. The van der Waals surface area contributed by atoms with Crippen molar-refractivity contribution in [3.63, 3.8) is 0 Å². The SMILES string of the molecule is CC(C)(C)C1CCCN1Cc1cccc(C(=O)O)c1. The molecule has 3 nitrogen and oxygen atoms in total. The van der Waals surface area contributed by atoms with Crippen molar-refractivity contribution in [3.8, 4) is 0 Å². The van der Waals surface area contributed by atoms with E-state index in [1.807, 2.05) is 12.1 Å². The molecule has 1 aromatic rings. The van der Waals surface area contributed by atoms with Gasteiger partial charge in [-0.3, -0.25) is 4.90 Å². The summed E-state index contributed by atoms with van der Waals surface area (Å²) in [5.41, 5.74) is 1.75. The molecule has 1 aliphatic rings. The lowest BCUT2D eigenvalue weighted by Gasteiger charge is -2.35. The van der Waals surface area contributed by atoms with E-state index in [0.29, 0.717) is 11.6 Å². The molecule has 0 amide bonds. The lowest BCUT2D eigenvalue weighted by Crippen LogP contribution is -2.38. The van der Waals surface area contributed by atoms with Crippen molar-refractivity contribution in [3.05, 3.63) is 35.4 Å². The molecule has 104 valence electrons. The number of hydrogen-bond donors (Lipinski definition) is 1. The molecule has 0 spiro atoms. The van der Waals surface area contributed by atoms with Crippen LogP contribution in [0.25, 0.3) is 0 Å². The summed E-state index contributed by atoms with van der Waals surface area (Å²) < 4.78 is 0. The monoisotopic (exact) mass is 261 g/mol. The van der Waals surface area contributed by atoms with Gasteiger partial charge in [-0.2, -0.15) is 0 Å². The fourth-order valence-corrected chi connectivity index (χ4v) is 3.03. The number of nitrogens with zero attached hydrogens (tertiary/aromatic N) is 1. The molecule has 0 radical (unpaired) electrons. The topological polar surface area (TPSA) is 40.5 Å². The summed E-state index contributed by atoms with van der Waals surface area (Å²) in [4.78, 5) is 13.5. The van der Waals surface area contributed by atoms with Gasteiger partial charge in [-0.1, -0.05) is 32.9 Å². The molecular weight excluding hydrogens is 238 g/mol. The van der Waals surface area contributed by atoms with Crippen LogP contribution in [0.1, 0.15) is 49.5 Å². The van der Waals surface area contributed by atoms with E-state index < -0.39 is 5.97 Å². The van der Waals surface area contributed by atoms with E-state index in [1.54, 1.807) is 12.1 Å². The average molecular weight is 261 g/mol. The number of carbonyl (C=O) groups is 1. The summed E-state index contributed by atoms with van der Waals surface area (Å²) in [6.45, 7) is 8.80. The van der Waals surface area contributed by atoms with Gasteiger partial charge >= 0.3 is 5.97 Å². The van der Waals surface area contributed by atoms with Gasteiger partial charge in [0.15, 0.2) is 0 Å².